The highest BCUT2D eigenvalue weighted by molar-refractivity contribution is 5.92. The van der Waals surface area contributed by atoms with Crippen molar-refractivity contribution in [3.8, 4) is 5.69 Å². The number of carbonyl (C=O) groups is 2. The van der Waals surface area contributed by atoms with Gasteiger partial charge in [0.25, 0.3) is 5.91 Å². The van der Waals surface area contributed by atoms with Gasteiger partial charge in [0.15, 0.2) is 6.61 Å². The van der Waals surface area contributed by atoms with Crippen LogP contribution in [-0.4, -0.2) is 33.2 Å². The van der Waals surface area contributed by atoms with Gasteiger partial charge in [-0.1, -0.05) is 42.5 Å². The molecule has 1 amide bonds. The number of nitrogens with one attached hydrogen (secondary N) is 1. The van der Waals surface area contributed by atoms with Crippen LogP contribution in [0.4, 0.5) is 0 Å². The molecule has 0 aliphatic carbocycles. The molecule has 0 aliphatic heterocycles. The Bertz CT molecular complexity index is 1170. The highest BCUT2D eigenvalue weighted by Gasteiger charge is 2.15. The van der Waals surface area contributed by atoms with Crippen molar-refractivity contribution in [2.45, 2.75) is 13.0 Å². The van der Waals surface area contributed by atoms with E-state index in [4.69, 9.17) is 4.74 Å². The summed E-state index contributed by atoms with van der Waals surface area (Å²) in [6.45, 7) is 1.56. The van der Waals surface area contributed by atoms with Crippen molar-refractivity contribution in [2.24, 2.45) is 0 Å². The molecule has 1 atom stereocenters. The molecule has 0 bridgehead atoms. The summed E-state index contributed by atoms with van der Waals surface area (Å²) in [7, 11) is 0. The number of hydrogen-bond acceptors (Lipinski definition) is 5. The number of aromatic nitrogens is 3. The van der Waals surface area contributed by atoms with Crippen molar-refractivity contribution in [1.82, 2.24) is 20.1 Å². The topological polar surface area (TPSA) is 86.1 Å². The Morgan fingerprint density at radius 3 is 2.57 bits per heavy atom. The molecule has 1 N–H and O–H groups in total. The van der Waals surface area contributed by atoms with Gasteiger partial charge in [-0.2, -0.15) is 5.10 Å². The van der Waals surface area contributed by atoms with E-state index in [0.29, 0.717) is 5.56 Å². The second-order valence-corrected chi connectivity index (χ2v) is 6.82. The standard InChI is InChI=1S/C23H20N4O3/c1-16(20-8-4-6-17-5-2-3-7-21(17)20)26-22(28)13-30-23(29)18-9-11-19(12-10-18)27-15-24-14-25-27/h2-12,14-16H,13H2,1H3,(H,26,28)/t16-/m1/s1. The SMILES string of the molecule is C[C@@H](NC(=O)COC(=O)c1ccc(-n2cncn2)cc1)c1cccc2ccccc12. The molecule has 1 heterocycles. The first-order valence-electron chi connectivity index (χ1n) is 9.51. The summed E-state index contributed by atoms with van der Waals surface area (Å²) in [6, 6.07) is 20.5. The lowest BCUT2D eigenvalue weighted by atomic mass is 10.00. The van der Waals surface area contributed by atoms with E-state index in [0.717, 1.165) is 22.0 Å². The number of hydrogen-bond donors (Lipinski definition) is 1. The number of rotatable bonds is 6. The van der Waals surface area contributed by atoms with E-state index in [2.05, 4.69) is 15.4 Å². The summed E-state index contributed by atoms with van der Waals surface area (Å²) in [5.74, 6) is -0.920. The summed E-state index contributed by atoms with van der Waals surface area (Å²) in [6.07, 6.45) is 2.99. The number of fused-ring (bicyclic) bond motifs is 1. The van der Waals surface area contributed by atoms with Crippen LogP contribution in [0.25, 0.3) is 16.5 Å². The smallest absolute Gasteiger partial charge is 0.338 e. The van der Waals surface area contributed by atoms with E-state index in [1.807, 2.05) is 49.4 Å². The van der Waals surface area contributed by atoms with Crippen LogP contribution in [-0.2, 0) is 9.53 Å². The molecular weight excluding hydrogens is 380 g/mol. The molecule has 0 unspecified atom stereocenters. The molecule has 0 radical (unpaired) electrons. The molecule has 0 saturated heterocycles. The van der Waals surface area contributed by atoms with Crippen LogP contribution in [0.3, 0.4) is 0 Å². The van der Waals surface area contributed by atoms with Crippen LogP contribution in [0.2, 0.25) is 0 Å². The molecular formula is C23H20N4O3. The van der Waals surface area contributed by atoms with Crippen LogP contribution in [0, 0.1) is 0 Å². The molecule has 3 aromatic carbocycles. The van der Waals surface area contributed by atoms with E-state index in [1.165, 1.54) is 6.33 Å². The minimum atomic E-state index is -0.562. The van der Waals surface area contributed by atoms with Gasteiger partial charge in [-0.3, -0.25) is 4.79 Å². The molecule has 150 valence electrons. The van der Waals surface area contributed by atoms with Gasteiger partial charge in [-0.25, -0.2) is 14.5 Å². The van der Waals surface area contributed by atoms with Gasteiger partial charge in [0.1, 0.15) is 12.7 Å². The minimum absolute atomic E-state index is 0.218. The predicted molar refractivity (Wildman–Crippen MR) is 112 cm³/mol. The lowest BCUT2D eigenvalue weighted by Gasteiger charge is -2.16. The van der Waals surface area contributed by atoms with Gasteiger partial charge in [0, 0.05) is 0 Å². The van der Waals surface area contributed by atoms with E-state index in [1.54, 1.807) is 35.3 Å². The molecule has 7 nitrogen and oxygen atoms in total. The predicted octanol–water partition coefficient (Wildman–Crippen LogP) is 3.45. The van der Waals surface area contributed by atoms with Crippen LogP contribution >= 0.6 is 0 Å². The van der Waals surface area contributed by atoms with E-state index in [-0.39, 0.29) is 18.6 Å². The van der Waals surface area contributed by atoms with E-state index in [9.17, 15) is 9.59 Å². The number of benzene rings is 3. The van der Waals surface area contributed by atoms with Crippen molar-refractivity contribution >= 4 is 22.6 Å². The average molecular weight is 400 g/mol. The van der Waals surface area contributed by atoms with Crippen LogP contribution in [0.1, 0.15) is 28.9 Å². The van der Waals surface area contributed by atoms with Gasteiger partial charge in [0.2, 0.25) is 0 Å². The molecule has 7 heteroatoms. The van der Waals surface area contributed by atoms with Gasteiger partial charge in [-0.15, -0.1) is 0 Å². The number of ether oxygens (including phenoxy) is 1. The monoisotopic (exact) mass is 400 g/mol. The highest BCUT2D eigenvalue weighted by Crippen LogP contribution is 2.24. The summed E-state index contributed by atoms with van der Waals surface area (Å²) >= 11 is 0. The summed E-state index contributed by atoms with van der Waals surface area (Å²) in [4.78, 5) is 28.4. The fourth-order valence-corrected chi connectivity index (χ4v) is 3.30. The first-order chi connectivity index (χ1) is 14.6. The molecule has 4 aromatic rings. The normalized spacial score (nSPS) is 11.8. The molecule has 0 saturated carbocycles. The van der Waals surface area contributed by atoms with Crippen molar-refractivity contribution < 1.29 is 14.3 Å². The summed E-state index contributed by atoms with van der Waals surface area (Å²) in [5.41, 5.74) is 2.14. The van der Waals surface area contributed by atoms with Crippen molar-refractivity contribution in [1.29, 1.82) is 0 Å². The number of nitrogens with zero attached hydrogens (tertiary/aromatic N) is 3. The Morgan fingerprint density at radius 2 is 1.80 bits per heavy atom. The molecule has 0 fully saturated rings. The first kappa shape index (κ1) is 19.3. The van der Waals surface area contributed by atoms with Gasteiger partial charge < -0.3 is 10.1 Å². The maximum Gasteiger partial charge on any atom is 0.338 e. The van der Waals surface area contributed by atoms with Crippen molar-refractivity contribution in [3.05, 3.63) is 90.5 Å². The lowest BCUT2D eigenvalue weighted by Crippen LogP contribution is -2.31. The largest absolute Gasteiger partial charge is 0.452 e. The van der Waals surface area contributed by atoms with Gasteiger partial charge in [0.05, 0.1) is 17.3 Å². The van der Waals surface area contributed by atoms with Crippen molar-refractivity contribution in [3.63, 3.8) is 0 Å². The molecule has 0 spiro atoms. The fraction of sp³-hybridized carbons (Fsp3) is 0.130. The zero-order chi connectivity index (χ0) is 20.9. The zero-order valence-corrected chi connectivity index (χ0v) is 16.4. The van der Waals surface area contributed by atoms with Crippen LogP contribution in [0.5, 0.6) is 0 Å². The minimum Gasteiger partial charge on any atom is -0.452 e. The van der Waals surface area contributed by atoms with E-state index < -0.39 is 5.97 Å². The number of amides is 1. The van der Waals surface area contributed by atoms with Crippen LogP contribution in [0.15, 0.2) is 79.4 Å². The quantitative estimate of drug-likeness (QED) is 0.501. The number of esters is 1. The molecule has 4 rings (SSSR count). The third-order valence-electron chi connectivity index (χ3n) is 4.79. The Balaban J connectivity index is 1.34. The first-order valence-corrected chi connectivity index (χ1v) is 9.51. The second-order valence-electron chi connectivity index (χ2n) is 6.82. The Kier molecular flexibility index (Phi) is 5.52. The number of carbonyl (C=O) groups excluding carboxylic acids is 2. The second kappa shape index (κ2) is 8.57. The Hall–Kier alpha value is -4.00. The third kappa shape index (κ3) is 4.20. The van der Waals surface area contributed by atoms with Crippen LogP contribution < -0.4 is 5.32 Å². The summed E-state index contributed by atoms with van der Waals surface area (Å²) < 4.78 is 6.74. The van der Waals surface area contributed by atoms with Gasteiger partial charge >= 0.3 is 5.97 Å². The molecule has 30 heavy (non-hydrogen) atoms. The lowest BCUT2D eigenvalue weighted by molar-refractivity contribution is -0.124. The maximum atomic E-state index is 12.3. The van der Waals surface area contributed by atoms with E-state index >= 15 is 0 Å². The Morgan fingerprint density at radius 1 is 1.03 bits per heavy atom. The third-order valence-corrected chi connectivity index (χ3v) is 4.79. The maximum absolute atomic E-state index is 12.3. The summed E-state index contributed by atoms with van der Waals surface area (Å²) in [5, 5.41) is 9.11. The molecule has 1 aromatic heterocycles. The molecule has 0 aliphatic rings. The van der Waals surface area contributed by atoms with Crippen molar-refractivity contribution in [2.75, 3.05) is 6.61 Å². The zero-order valence-electron chi connectivity index (χ0n) is 16.4. The highest BCUT2D eigenvalue weighted by atomic mass is 16.5. The van der Waals surface area contributed by atoms with Gasteiger partial charge in [-0.05, 0) is 47.5 Å². The fourth-order valence-electron chi connectivity index (χ4n) is 3.30. The average Bonchev–Trinajstić information content (AvgIpc) is 3.32. The Labute approximate surface area is 173 Å².